The molecule has 0 aliphatic rings. The van der Waals surface area contributed by atoms with Gasteiger partial charge in [0.1, 0.15) is 21.0 Å². The van der Waals surface area contributed by atoms with Crippen LogP contribution in [0.1, 0.15) is 17.5 Å². The second-order valence-corrected chi connectivity index (χ2v) is 5.72. The summed E-state index contributed by atoms with van der Waals surface area (Å²) in [6.45, 7) is 1.71. The van der Waals surface area contributed by atoms with E-state index in [1.165, 1.54) is 23.5 Å². The third kappa shape index (κ3) is 3.12. The van der Waals surface area contributed by atoms with Crippen molar-refractivity contribution in [3.8, 4) is 0 Å². The molecule has 1 N–H and O–H groups in total. The molecule has 0 saturated heterocycles. The van der Waals surface area contributed by atoms with E-state index in [4.69, 9.17) is 0 Å². The Balaban J connectivity index is 2.19. The van der Waals surface area contributed by atoms with Gasteiger partial charge in [0, 0.05) is 11.8 Å². The number of rotatable bonds is 3. The lowest BCUT2D eigenvalue weighted by Gasteiger charge is -2.20. The lowest BCUT2D eigenvalue weighted by atomic mass is 9.97. The highest BCUT2D eigenvalue weighted by Gasteiger charge is 2.27. The van der Waals surface area contributed by atoms with E-state index >= 15 is 0 Å². The molecule has 5 heteroatoms. The van der Waals surface area contributed by atoms with Crippen molar-refractivity contribution in [1.82, 2.24) is 4.98 Å². The maximum Gasteiger partial charge on any atom is 0.126 e. The molecule has 1 heterocycles. The maximum atomic E-state index is 12.8. The van der Waals surface area contributed by atoms with E-state index in [-0.39, 0.29) is 5.82 Å². The van der Waals surface area contributed by atoms with Gasteiger partial charge in [-0.2, -0.15) is 0 Å². The van der Waals surface area contributed by atoms with E-state index < -0.39 is 5.60 Å². The van der Waals surface area contributed by atoms with E-state index in [1.54, 1.807) is 19.1 Å². The Hall–Kier alpha value is -0.780. The summed E-state index contributed by atoms with van der Waals surface area (Å²) < 4.78 is 13.5. The summed E-state index contributed by atoms with van der Waals surface area (Å²) in [5.41, 5.74) is -0.156. The first kappa shape index (κ1) is 12.7. The highest BCUT2D eigenvalue weighted by Crippen LogP contribution is 2.29. The zero-order chi connectivity index (χ0) is 12.5. The van der Waals surface area contributed by atoms with Gasteiger partial charge in [0.05, 0.1) is 0 Å². The summed E-state index contributed by atoms with van der Waals surface area (Å²) in [5, 5.41) is 12.8. The lowest BCUT2D eigenvalue weighted by molar-refractivity contribution is 0.0572. The minimum Gasteiger partial charge on any atom is -0.383 e. The molecular weight excluding hydrogens is 305 g/mol. The molecule has 90 valence electrons. The molecule has 1 unspecified atom stereocenters. The first-order valence-corrected chi connectivity index (χ1v) is 6.73. The molecule has 0 spiro atoms. The Morgan fingerprint density at radius 2 is 2.06 bits per heavy atom. The van der Waals surface area contributed by atoms with Crippen LogP contribution in [0.15, 0.2) is 34.2 Å². The summed E-state index contributed by atoms with van der Waals surface area (Å²) in [4.78, 5) is 4.21. The van der Waals surface area contributed by atoms with Crippen LogP contribution < -0.4 is 0 Å². The summed E-state index contributed by atoms with van der Waals surface area (Å²) in [7, 11) is 0. The maximum absolute atomic E-state index is 12.8. The van der Waals surface area contributed by atoms with Gasteiger partial charge in [-0.15, -0.1) is 11.3 Å². The Kier molecular flexibility index (Phi) is 3.61. The molecule has 0 amide bonds. The van der Waals surface area contributed by atoms with Crippen molar-refractivity contribution in [1.29, 1.82) is 0 Å². The van der Waals surface area contributed by atoms with E-state index in [2.05, 4.69) is 20.9 Å². The van der Waals surface area contributed by atoms with Crippen molar-refractivity contribution in [2.24, 2.45) is 0 Å². The van der Waals surface area contributed by atoms with E-state index in [9.17, 15) is 9.50 Å². The molecule has 1 atom stereocenters. The Labute approximate surface area is 111 Å². The number of hydrogen-bond acceptors (Lipinski definition) is 3. The van der Waals surface area contributed by atoms with Crippen LogP contribution in [-0.2, 0) is 12.0 Å². The average Bonchev–Trinajstić information content (AvgIpc) is 2.69. The van der Waals surface area contributed by atoms with Crippen LogP contribution in [-0.4, -0.2) is 10.1 Å². The largest absolute Gasteiger partial charge is 0.383 e. The third-order valence-corrected chi connectivity index (χ3v) is 4.20. The Morgan fingerprint density at radius 3 is 2.59 bits per heavy atom. The van der Waals surface area contributed by atoms with Crippen LogP contribution >= 0.6 is 27.3 Å². The first-order valence-electron chi connectivity index (χ1n) is 5.06. The van der Waals surface area contributed by atoms with Gasteiger partial charge in [0.25, 0.3) is 0 Å². The number of benzene rings is 1. The average molecular weight is 316 g/mol. The summed E-state index contributed by atoms with van der Waals surface area (Å²) in [6, 6.07) is 6.13. The van der Waals surface area contributed by atoms with Gasteiger partial charge in [-0.1, -0.05) is 12.1 Å². The molecule has 0 bridgehead atoms. The number of thiazole rings is 1. The summed E-state index contributed by atoms with van der Waals surface area (Å²) in [5.74, 6) is -0.273. The molecule has 0 radical (unpaired) electrons. The standard InChI is InChI=1S/C12H11BrFNOS/c1-12(16,11-15-10(13)7-17-11)6-8-2-4-9(14)5-3-8/h2-5,7,16H,6H2,1H3. The first-order chi connectivity index (χ1) is 7.97. The minimum atomic E-state index is -1.03. The van der Waals surface area contributed by atoms with Crippen LogP contribution in [0.4, 0.5) is 4.39 Å². The number of aromatic nitrogens is 1. The van der Waals surface area contributed by atoms with Crippen molar-refractivity contribution in [2.45, 2.75) is 18.9 Å². The molecule has 2 nitrogen and oxygen atoms in total. The molecule has 2 rings (SSSR count). The number of aliphatic hydroxyl groups is 1. The molecule has 0 aliphatic carbocycles. The minimum absolute atomic E-state index is 0.273. The van der Waals surface area contributed by atoms with Gasteiger partial charge >= 0.3 is 0 Å². The molecule has 1 aromatic heterocycles. The molecule has 1 aromatic carbocycles. The molecule has 0 aliphatic heterocycles. The van der Waals surface area contributed by atoms with Gasteiger partial charge in [-0.25, -0.2) is 9.37 Å². The van der Waals surface area contributed by atoms with Crippen molar-refractivity contribution >= 4 is 27.3 Å². The van der Waals surface area contributed by atoms with Gasteiger partial charge in [0.2, 0.25) is 0 Å². The molecule has 0 fully saturated rings. The van der Waals surface area contributed by atoms with Crippen LogP contribution in [0.2, 0.25) is 0 Å². The predicted molar refractivity (Wildman–Crippen MR) is 69.5 cm³/mol. The fraction of sp³-hybridized carbons (Fsp3) is 0.250. The zero-order valence-corrected chi connectivity index (χ0v) is 11.6. The van der Waals surface area contributed by atoms with Crippen molar-refractivity contribution in [3.63, 3.8) is 0 Å². The van der Waals surface area contributed by atoms with Crippen LogP contribution in [0.5, 0.6) is 0 Å². The number of hydrogen-bond donors (Lipinski definition) is 1. The molecule has 17 heavy (non-hydrogen) atoms. The molecule has 0 saturated carbocycles. The Morgan fingerprint density at radius 1 is 1.41 bits per heavy atom. The van der Waals surface area contributed by atoms with Gasteiger partial charge in [-0.3, -0.25) is 0 Å². The predicted octanol–water partition coefficient (Wildman–Crippen LogP) is 3.49. The quantitative estimate of drug-likeness (QED) is 0.940. The van der Waals surface area contributed by atoms with Crippen LogP contribution in [0, 0.1) is 5.82 Å². The fourth-order valence-electron chi connectivity index (χ4n) is 1.58. The normalized spacial score (nSPS) is 14.6. The smallest absolute Gasteiger partial charge is 0.126 e. The van der Waals surface area contributed by atoms with E-state index in [1.807, 2.05) is 5.38 Å². The zero-order valence-electron chi connectivity index (χ0n) is 9.15. The highest BCUT2D eigenvalue weighted by atomic mass is 79.9. The SMILES string of the molecule is CC(O)(Cc1ccc(F)cc1)c1nc(Br)cs1. The fourth-order valence-corrected chi connectivity index (χ4v) is 2.89. The second kappa shape index (κ2) is 4.84. The highest BCUT2D eigenvalue weighted by molar-refractivity contribution is 9.10. The lowest BCUT2D eigenvalue weighted by Crippen LogP contribution is -2.24. The van der Waals surface area contributed by atoms with E-state index in [0.29, 0.717) is 11.4 Å². The van der Waals surface area contributed by atoms with Crippen LogP contribution in [0.25, 0.3) is 0 Å². The van der Waals surface area contributed by atoms with Crippen molar-refractivity contribution < 1.29 is 9.50 Å². The summed E-state index contributed by atoms with van der Waals surface area (Å²) >= 11 is 4.65. The Bertz CT molecular complexity index is 509. The second-order valence-electron chi connectivity index (χ2n) is 4.05. The van der Waals surface area contributed by atoms with Gasteiger partial charge in [-0.05, 0) is 40.5 Å². The van der Waals surface area contributed by atoms with E-state index in [0.717, 1.165) is 10.2 Å². The summed E-state index contributed by atoms with van der Waals surface area (Å²) in [6.07, 6.45) is 0.410. The topological polar surface area (TPSA) is 33.1 Å². The third-order valence-electron chi connectivity index (χ3n) is 2.40. The van der Waals surface area contributed by atoms with Gasteiger partial charge in [0.15, 0.2) is 0 Å². The van der Waals surface area contributed by atoms with Gasteiger partial charge < -0.3 is 5.11 Å². The number of halogens is 2. The molecule has 2 aromatic rings. The monoisotopic (exact) mass is 315 g/mol. The molecular formula is C12H11BrFNOS. The number of nitrogens with zero attached hydrogens (tertiary/aromatic N) is 1. The van der Waals surface area contributed by atoms with Crippen molar-refractivity contribution in [2.75, 3.05) is 0 Å². The van der Waals surface area contributed by atoms with Crippen LogP contribution in [0.3, 0.4) is 0 Å². The van der Waals surface area contributed by atoms with Crippen molar-refractivity contribution in [3.05, 3.63) is 50.6 Å².